The lowest BCUT2D eigenvalue weighted by atomic mass is 9.99. The van der Waals surface area contributed by atoms with Crippen molar-refractivity contribution in [2.24, 2.45) is 5.73 Å². The van der Waals surface area contributed by atoms with E-state index >= 15 is 0 Å². The first kappa shape index (κ1) is 23.9. The first-order valence-corrected chi connectivity index (χ1v) is 10.6. The van der Waals surface area contributed by atoms with Crippen LogP contribution < -0.4 is 10.5 Å². The van der Waals surface area contributed by atoms with E-state index in [2.05, 4.69) is 0 Å². The van der Waals surface area contributed by atoms with Gasteiger partial charge in [0.05, 0.1) is 6.42 Å². The minimum absolute atomic E-state index is 0.0301. The highest BCUT2D eigenvalue weighted by Gasteiger charge is 2.14. The lowest BCUT2D eigenvalue weighted by Crippen LogP contribution is -2.05. The van der Waals surface area contributed by atoms with Crippen LogP contribution in [0.15, 0.2) is 65.1 Å². The smallest absolute Gasteiger partial charge is 0.307 e. The molecule has 0 spiro atoms. The molecule has 0 amide bonds. The molecule has 0 fully saturated rings. The number of fused-ring (bicyclic) bond motifs is 1. The molecule has 5 nitrogen and oxygen atoms in total. The maximum absolute atomic E-state index is 13.8. The Kier molecular flexibility index (Phi) is 7.79. The minimum Gasteiger partial charge on any atom is -0.488 e. The highest BCUT2D eigenvalue weighted by Crippen LogP contribution is 2.33. The maximum Gasteiger partial charge on any atom is 0.307 e. The summed E-state index contributed by atoms with van der Waals surface area (Å²) in [5, 5.41) is 9.62. The molecule has 33 heavy (non-hydrogen) atoms. The van der Waals surface area contributed by atoms with Gasteiger partial charge in [0, 0.05) is 35.2 Å². The second kappa shape index (κ2) is 10.7. The Balaban J connectivity index is 0.00000149. The summed E-state index contributed by atoms with van der Waals surface area (Å²) in [5.74, 6) is -1.43. The third-order valence-electron chi connectivity index (χ3n) is 4.88. The van der Waals surface area contributed by atoms with E-state index in [0.717, 1.165) is 17.2 Å². The number of nitrogens with two attached hydrogens (primary N) is 1. The normalized spacial score (nSPS) is 10.6. The number of carboxylic acid groups (broad SMARTS) is 1. The van der Waals surface area contributed by atoms with Gasteiger partial charge in [0.1, 0.15) is 23.8 Å². The molecule has 3 N–H and O–H groups in total. The Bertz CT molecular complexity index is 1270. The average Bonchev–Trinajstić information content (AvgIpc) is 3.19. The van der Waals surface area contributed by atoms with Gasteiger partial charge in [0.25, 0.3) is 6.01 Å². The molecule has 7 heteroatoms. The van der Waals surface area contributed by atoms with E-state index in [-0.39, 0.29) is 18.8 Å². The number of benzene rings is 3. The molecule has 0 aliphatic carbocycles. The molecule has 1 heterocycles. The van der Waals surface area contributed by atoms with Gasteiger partial charge in [-0.25, -0.2) is 4.39 Å². The first-order chi connectivity index (χ1) is 15.9. The summed E-state index contributed by atoms with van der Waals surface area (Å²) in [6, 6.07) is 15.3. The molecule has 0 bridgehead atoms. The van der Waals surface area contributed by atoms with Gasteiger partial charge >= 0.3 is 5.97 Å². The van der Waals surface area contributed by atoms with E-state index in [4.69, 9.17) is 20.0 Å². The Labute approximate surface area is 190 Å². The molecule has 1 aromatic heterocycles. The fraction of sp³-hybridized carbons (Fsp3) is 0.192. The number of furan rings is 1. The summed E-state index contributed by atoms with van der Waals surface area (Å²) in [6.07, 6.45) is -0.293. The van der Waals surface area contributed by atoms with Gasteiger partial charge < -0.3 is 20.0 Å². The van der Waals surface area contributed by atoms with Crippen LogP contribution in [0.5, 0.6) is 5.75 Å². The van der Waals surface area contributed by atoms with Crippen molar-refractivity contribution in [3.63, 3.8) is 0 Å². The third-order valence-corrected chi connectivity index (χ3v) is 4.88. The molecule has 0 aliphatic heterocycles. The predicted octanol–water partition coefficient (Wildman–Crippen LogP) is 6.07. The quantitative estimate of drug-likeness (QED) is 0.355. The molecule has 0 atom stereocenters. The number of halogens is 2. The largest absolute Gasteiger partial charge is 0.488 e. The Morgan fingerprint density at radius 2 is 1.82 bits per heavy atom. The van der Waals surface area contributed by atoms with Gasteiger partial charge in [-0.15, -0.1) is 0 Å². The lowest BCUT2D eigenvalue weighted by molar-refractivity contribution is -0.136. The van der Waals surface area contributed by atoms with Crippen molar-refractivity contribution >= 4 is 16.9 Å². The standard InChI is InChI=1S/C24H19F2NO4.C2H6/c25-19-5-4-17(10-23(28)29)21(11-19)30-13-15-7-18-9-22(26)31-24(18)20(8-15)16-3-1-2-14(6-16)12-27;1-2/h1-9,11H,10,12-13,27H2,(H,28,29);1-2H3. The Morgan fingerprint density at radius 1 is 1.03 bits per heavy atom. The van der Waals surface area contributed by atoms with Gasteiger partial charge in [-0.1, -0.05) is 38.1 Å². The van der Waals surface area contributed by atoms with Crippen LogP contribution in [0, 0.1) is 11.8 Å². The predicted molar refractivity (Wildman–Crippen MR) is 123 cm³/mol. The van der Waals surface area contributed by atoms with Gasteiger partial charge in [-0.2, -0.15) is 4.39 Å². The summed E-state index contributed by atoms with van der Waals surface area (Å²) in [6.45, 7) is 4.39. The van der Waals surface area contributed by atoms with Crippen molar-refractivity contribution < 1.29 is 27.8 Å². The molecule has 172 valence electrons. The molecule has 4 rings (SSSR count). The minimum atomic E-state index is -1.05. The number of aliphatic carboxylic acids is 1. The van der Waals surface area contributed by atoms with Crippen LogP contribution in [-0.2, 0) is 24.4 Å². The fourth-order valence-corrected chi connectivity index (χ4v) is 3.48. The summed E-state index contributed by atoms with van der Waals surface area (Å²) < 4.78 is 38.6. The van der Waals surface area contributed by atoms with Crippen LogP contribution in [0.1, 0.15) is 30.5 Å². The maximum atomic E-state index is 13.8. The molecule has 0 saturated heterocycles. The van der Waals surface area contributed by atoms with E-state index in [1.54, 1.807) is 12.1 Å². The average molecular weight is 453 g/mol. The van der Waals surface area contributed by atoms with Gasteiger partial charge in [-0.3, -0.25) is 4.79 Å². The molecule has 0 aliphatic rings. The molecule has 3 aromatic carbocycles. The topological polar surface area (TPSA) is 85.7 Å². The number of hydrogen-bond donors (Lipinski definition) is 2. The first-order valence-electron chi connectivity index (χ1n) is 10.6. The van der Waals surface area contributed by atoms with E-state index in [1.165, 1.54) is 18.2 Å². The van der Waals surface area contributed by atoms with Crippen molar-refractivity contribution in [3.05, 3.63) is 89.2 Å². The second-order valence-electron chi connectivity index (χ2n) is 7.13. The zero-order valence-electron chi connectivity index (χ0n) is 18.4. The lowest BCUT2D eigenvalue weighted by Gasteiger charge is -2.12. The molecular formula is C26H25F2NO4. The van der Waals surface area contributed by atoms with E-state index in [0.29, 0.717) is 34.2 Å². The van der Waals surface area contributed by atoms with Crippen molar-refractivity contribution in [1.82, 2.24) is 0 Å². The summed E-state index contributed by atoms with van der Waals surface area (Å²) in [4.78, 5) is 11.1. The van der Waals surface area contributed by atoms with Crippen LogP contribution in [0.3, 0.4) is 0 Å². The monoisotopic (exact) mass is 453 g/mol. The number of rotatable bonds is 7. The van der Waals surface area contributed by atoms with Gasteiger partial charge in [0.15, 0.2) is 0 Å². The summed E-state index contributed by atoms with van der Waals surface area (Å²) in [5.41, 5.74) is 9.57. The Hall–Kier alpha value is -3.71. The fourth-order valence-electron chi connectivity index (χ4n) is 3.48. The van der Waals surface area contributed by atoms with E-state index < -0.39 is 17.8 Å². The highest BCUT2D eigenvalue weighted by atomic mass is 19.1. The molecular weight excluding hydrogens is 428 g/mol. The van der Waals surface area contributed by atoms with E-state index in [9.17, 15) is 13.6 Å². The SMILES string of the molecule is CC.NCc1cccc(-c2cc(COc3cc(F)ccc3CC(=O)O)cc3cc(F)oc23)c1. The van der Waals surface area contributed by atoms with Crippen molar-refractivity contribution in [3.8, 4) is 16.9 Å². The zero-order valence-corrected chi connectivity index (χ0v) is 18.4. The molecule has 4 aromatic rings. The van der Waals surface area contributed by atoms with Crippen LogP contribution in [-0.4, -0.2) is 11.1 Å². The Morgan fingerprint density at radius 3 is 2.55 bits per heavy atom. The zero-order chi connectivity index (χ0) is 24.0. The summed E-state index contributed by atoms with van der Waals surface area (Å²) in [7, 11) is 0. The second-order valence-corrected chi connectivity index (χ2v) is 7.13. The highest BCUT2D eigenvalue weighted by molar-refractivity contribution is 5.93. The van der Waals surface area contributed by atoms with Crippen molar-refractivity contribution in [2.75, 3.05) is 0 Å². The van der Waals surface area contributed by atoms with Crippen LogP contribution >= 0.6 is 0 Å². The van der Waals surface area contributed by atoms with Crippen LogP contribution in [0.25, 0.3) is 22.1 Å². The van der Waals surface area contributed by atoms with Crippen LogP contribution in [0.2, 0.25) is 0 Å². The molecule has 0 saturated carbocycles. The van der Waals surface area contributed by atoms with Crippen molar-refractivity contribution in [1.29, 1.82) is 0 Å². The van der Waals surface area contributed by atoms with Gasteiger partial charge in [0.2, 0.25) is 0 Å². The molecule has 0 radical (unpaired) electrons. The van der Waals surface area contributed by atoms with E-state index in [1.807, 2.05) is 38.1 Å². The third kappa shape index (κ3) is 5.75. The van der Waals surface area contributed by atoms with Crippen LogP contribution in [0.4, 0.5) is 8.78 Å². The number of carbonyl (C=O) groups is 1. The summed E-state index contributed by atoms with van der Waals surface area (Å²) >= 11 is 0. The molecule has 0 unspecified atom stereocenters. The number of ether oxygens (including phenoxy) is 1. The number of hydrogen-bond acceptors (Lipinski definition) is 4. The number of carboxylic acids is 1. The van der Waals surface area contributed by atoms with Gasteiger partial charge in [-0.05, 0) is 41.0 Å². The van der Waals surface area contributed by atoms with Crippen molar-refractivity contribution in [2.45, 2.75) is 33.4 Å².